The fraction of sp³-hybridized carbons (Fsp3) is 0.500. The third kappa shape index (κ3) is 4.65. The Morgan fingerprint density at radius 1 is 1.47 bits per heavy atom. The summed E-state index contributed by atoms with van der Waals surface area (Å²) in [6.45, 7) is 2.29. The highest BCUT2D eigenvalue weighted by molar-refractivity contribution is 7.89. The van der Waals surface area contributed by atoms with E-state index in [-0.39, 0.29) is 34.7 Å². The molecule has 0 heterocycles. The maximum absolute atomic E-state index is 12.1. The van der Waals surface area contributed by atoms with Crippen LogP contribution in [0.4, 0.5) is 5.69 Å². The SMILES string of the molecule is CC(CO)CCCNS(=O)(=O)c1c(N)cccc1Cl. The van der Waals surface area contributed by atoms with Gasteiger partial charge in [0.25, 0.3) is 0 Å². The van der Waals surface area contributed by atoms with Gasteiger partial charge in [-0.3, -0.25) is 0 Å². The molecule has 1 rings (SSSR count). The van der Waals surface area contributed by atoms with Crippen molar-refractivity contribution < 1.29 is 13.5 Å². The Morgan fingerprint density at radius 3 is 2.74 bits per heavy atom. The molecular weight excluding hydrogens is 288 g/mol. The fourth-order valence-corrected chi connectivity index (χ4v) is 3.38. The molecule has 0 aliphatic heterocycles. The molecule has 0 radical (unpaired) electrons. The second kappa shape index (κ2) is 7.09. The van der Waals surface area contributed by atoms with Crippen LogP contribution in [0.3, 0.4) is 0 Å². The lowest BCUT2D eigenvalue weighted by Gasteiger charge is -2.11. The number of anilines is 1. The maximum atomic E-state index is 12.1. The molecule has 0 aromatic heterocycles. The molecule has 1 atom stereocenters. The molecule has 0 spiro atoms. The predicted octanol–water partition coefficient (Wildman–Crippen LogP) is 1.61. The van der Waals surface area contributed by atoms with Crippen molar-refractivity contribution in [3.8, 4) is 0 Å². The molecule has 1 aromatic carbocycles. The predicted molar refractivity (Wildman–Crippen MR) is 76.5 cm³/mol. The molecule has 0 bridgehead atoms. The summed E-state index contributed by atoms with van der Waals surface area (Å²) in [5.74, 6) is 0.162. The summed E-state index contributed by atoms with van der Waals surface area (Å²) >= 11 is 5.87. The second-order valence-corrected chi connectivity index (χ2v) is 6.60. The molecule has 5 nitrogen and oxygen atoms in total. The molecule has 0 fully saturated rings. The summed E-state index contributed by atoms with van der Waals surface area (Å²) in [4.78, 5) is -0.0770. The van der Waals surface area contributed by atoms with Crippen molar-refractivity contribution >= 4 is 27.3 Å². The number of nitrogens with one attached hydrogen (secondary N) is 1. The van der Waals surface area contributed by atoms with Crippen LogP contribution in [-0.2, 0) is 10.0 Å². The summed E-state index contributed by atoms with van der Waals surface area (Å²) < 4.78 is 26.6. The van der Waals surface area contributed by atoms with Gasteiger partial charge < -0.3 is 10.8 Å². The van der Waals surface area contributed by atoms with Crippen molar-refractivity contribution in [2.24, 2.45) is 5.92 Å². The van der Waals surface area contributed by atoms with Gasteiger partial charge in [-0.05, 0) is 30.9 Å². The lowest BCUT2D eigenvalue weighted by atomic mass is 10.1. The first-order valence-electron chi connectivity index (χ1n) is 6.03. The molecule has 19 heavy (non-hydrogen) atoms. The van der Waals surface area contributed by atoms with Crippen LogP contribution >= 0.6 is 11.6 Å². The van der Waals surface area contributed by atoms with Gasteiger partial charge in [-0.15, -0.1) is 0 Å². The zero-order valence-electron chi connectivity index (χ0n) is 10.8. The summed E-state index contributed by atoms with van der Waals surface area (Å²) in [7, 11) is -3.70. The van der Waals surface area contributed by atoms with Gasteiger partial charge in [-0.2, -0.15) is 0 Å². The lowest BCUT2D eigenvalue weighted by Crippen LogP contribution is -2.26. The number of aliphatic hydroxyl groups is 1. The van der Waals surface area contributed by atoms with Crippen LogP contribution in [0.5, 0.6) is 0 Å². The number of sulfonamides is 1. The number of hydrogen-bond acceptors (Lipinski definition) is 4. The van der Waals surface area contributed by atoms with Gasteiger partial charge in [-0.1, -0.05) is 24.6 Å². The summed E-state index contributed by atoms with van der Waals surface area (Å²) in [5, 5.41) is 8.98. The van der Waals surface area contributed by atoms with E-state index in [2.05, 4.69) is 4.72 Å². The van der Waals surface area contributed by atoms with Crippen molar-refractivity contribution in [1.82, 2.24) is 4.72 Å². The third-order valence-electron chi connectivity index (χ3n) is 2.74. The first-order valence-corrected chi connectivity index (χ1v) is 7.89. The van der Waals surface area contributed by atoms with E-state index < -0.39 is 10.0 Å². The van der Waals surface area contributed by atoms with Crippen molar-refractivity contribution in [1.29, 1.82) is 0 Å². The zero-order chi connectivity index (χ0) is 14.5. The fourth-order valence-electron chi connectivity index (χ4n) is 1.63. The van der Waals surface area contributed by atoms with Crippen LogP contribution in [-0.4, -0.2) is 26.7 Å². The largest absolute Gasteiger partial charge is 0.398 e. The molecule has 7 heteroatoms. The van der Waals surface area contributed by atoms with Crippen molar-refractivity contribution in [2.75, 3.05) is 18.9 Å². The van der Waals surface area contributed by atoms with E-state index >= 15 is 0 Å². The minimum atomic E-state index is -3.70. The Morgan fingerprint density at radius 2 is 2.16 bits per heavy atom. The van der Waals surface area contributed by atoms with Crippen LogP contribution in [0.1, 0.15) is 19.8 Å². The monoisotopic (exact) mass is 306 g/mol. The summed E-state index contributed by atoms with van der Waals surface area (Å²) in [5.41, 5.74) is 5.77. The minimum Gasteiger partial charge on any atom is -0.398 e. The Hall–Kier alpha value is -0.820. The highest BCUT2D eigenvalue weighted by Crippen LogP contribution is 2.26. The molecular formula is C12H19ClN2O3S. The highest BCUT2D eigenvalue weighted by atomic mass is 35.5. The number of hydrogen-bond donors (Lipinski definition) is 3. The number of nitrogen functional groups attached to an aromatic ring is 1. The van der Waals surface area contributed by atoms with E-state index in [1.165, 1.54) is 12.1 Å². The van der Waals surface area contributed by atoms with Crippen LogP contribution in [0.2, 0.25) is 5.02 Å². The average Bonchev–Trinajstić information content (AvgIpc) is 2.33. The highest BCUT2D eigenvalue weighted by Gasteiger charge is 2.20. The van der Waals surface area contributed by atoms with Gasteiger partial charge in [-0.25, -0.2) is 13.1 Å². The first-order chi connectivity index (χ1) is 8.88. The van der Waals surface area contributed by atoms with Gasteiger partial charge in [0.1, 0.15) is 4.90 Å². The minimum absolute atomic E-state index is 0.0770. The van der Waals surface area contributed by atoms with E-state index in [1.54, 1.807) is 6.07 Å². The molecule has 1 aromatic rings. The van der Waals surface area contributed by atoms with Gasteiger partial charge >= 0.3 is 0 Å². The Kier molecular flexibility index (Phi) is 6.06. The van der Waals surface area contributed by atoms with Crippen LogP contribution in [0.15, 0.2) is 23.1 Å². The van der Waals surface area contributed by atoms with E-state index in [9.17, 15) is 8.42 Å². The Bertz CT molecular complexity index is 499. The topological polar surface area (TPSA) is 92.4 Å². The molecule has 108 valence electrons. The molecule has 4 N–H and O–H groups in total. The third-order valence-corrected chi connectivity index (χ3v) is 4.75. The molecule has 0 aliphatic carbocycles. The number of halogens is 1. The normalized spacial score (nSPS) is 13.4. The average molecular weight is 307 g/mol. The lowest BCUT2D eigenvalue weighted by molar-refractivity contribution is 0.228. The van der Waals surface area contributed by atoms with E-state index in [4.69, 9.17) is 22.4 Å². The second-order valence-electron chi connectivity index (χ2n) is 4.49. The van der Waals surface area contributed by atoms with Gasteiger partial charge in [0.05, 0.1) is 10.7 Å². The standard InChI is InChI=1S/C12H19ClN2O3S/c1-9(8-16)4-3-7-15-19(17,18)12-10(13)5-2-6-11(12)14/h2,5-6,9,15-16H,3-4,7-8,14H2,1H3. The van der Waals surface area contributed by atoms with Crippen molar-refractivity contribution in [3.05, 3.63) is 23.2 Å². The molecule has 0 saturated carbocycles. The van der Waals surface area contributed by atoms with Crippen molar-refractivity contribution in [3.63, 3.8) is 0 Å². The van der Waals surface area contributed by atoms with Gasteiger partial charge in [0.2, 0.25) is 10.0 Å². The maximum Gasteiger partial charge on any atom is 0.244 e. The molecule has 0 amide bonds. The van der Waals surface area contributed by atoms with Gasteiger partial charge in [0.15, 0.2) is 0 Å². The number of nitrogens with two attached hydrogens (primary N) is 1. The van der Waals surface area contributed by atoms with Crippen LogP contribution in [0, 0.1) is 5.92 Å². The van der Waals surface area contributed by atoms with Crippen molar-refractivity contribution in [2.45, 2.75) is 24.7 Å². The first kappa shape index (κ1) is 16.2. The van der Waals surface area contributed by atoms with Gasteiger partial charge in [0, 0.05) is 13.2 Å². The Labute approximate surface area is 118 Å². The van der Waals surface area contributed by atoms with E-state index in [0.29, 0.717) is 6.42 Å². The summed E-state index contributed by atoms with van der Waals surface area (Å²) in [6, 6.07) is 4.58. The van der Waals surface area contributed by atoms with Crippen LogP contribution in [0.25, 0.3) is 0 Å². The number of aliphatic hydroxyl groups excluding tert-OH is 1. The van der Waals surface area contributed by atoms with Crippen LogP contribution < -0.4 is 10.5 Å². The smallest absolute Gasteiger partial charge is 0.244 e. The Balaban J connectivity index is 2.67. The van der Waals surface area contributed by atoms with E-state index in [0.717, 1.165) is 6.42 Å². The molecule has 1 unspecified atom stereocenters. The molecule has 0 aliphatic rings. The molecule has 0 saturated heterocycles. The van der Waals surface area contributed by atoms with E-state index in [1.807, 2.05) is 6.92 Å². The number of benzene rings is 1. The number of rotatable bonds is 7. The zero-order valence-corrected chi connectivity index (χ0v) is 12.3. The summed E-state index contributed by atoms with van der Waals surface area (Å²) in [6.07, 6.45) is 1.39. The quantitative estimate of drug-likeness (QED) is 0.527.